The Morgan fingerprint density at radius 1 is 1.16 bits per heavy atom. The molecule has 102 valence electrons. The summed E-state index contributed by atoms with van der Waals surface area (Å²) in [5.41, 5.74) is 0. The average Bonchev–Trinajstić information content (AvgIpc) is 2.91. The van der Waals surface area contributed by atoms with E-state index in [1.54, 1.807) is 24.5 Å². The molecule has 4 nitrogen and oxygen atoms in total. The molecular formula is C14H15ClO4. The number of rotatable bonds is 7. The van der Waals surface area contributed by atoms with Gasteiger partial charge >= 0.3 is 0 Å². The highest BCUT2D eigenvalue weighted by Crippen LogP contribution is 2.23. The lowest BCUT2D eigenvalue weighted by Gasteiger charge is -2.13. The Labute approximate surface area is 116 Å². The molecular weight excluding hydrogens is 268 g/mol. The number of aliphatic hydroxyl groups is 1. The van der Waals surface area contributed by atoms with Gasteiger partial charge in [0.15, 0.2) is 0 Å². The van der Waals surface area contributed by atoms with E-state index in [-0.39, 0.29) is 13.2 Å². The van der Waals surface area contributed by atoms with Crippen LogP contribution in [-0.4, -0.2) is 24.4 Å². The SMILES string of the molecule is OC(COCc1ccco1)COc1ccccc1Cl. The van der Waals surface area contributed by atoms with Crippen molar-refractivity contribution in [2.24, 2.45) is 0 Å². The summed E-state index contributed by atoms with van der Waals surface area (Å²) < 4.78 is 15.8. The second-order valence-electron chi connectivity index (χ2n) is 3.99. The molecule has 0 aliphatic carbocycles. The van der Waals surface area contributed by atoms with Gasteiger partial charge in [-0.3, -0.25) is 0 Å². The van der Waals surface area contributed by atoms with Crippen molar-refractivity contribution in [3.8, 4) is 5.75 Å². The lowest BCUT2D eigenvalue weighted by atomic mass is 10.3. The van der Waals surface area contributed by atoms with E-state index in [1.165, 1.54) is 0 Å². The van der Waals surface area contributed by atoms with Crippen molar-refractivity contribution in [1.29, 1.82) is 0 Å². The first-order chi connectivity index (χ1) is 9.25. The minimum atomic E-state index is -0.716. The highest BCUT2D eigenvalue weighted by Gasteiger charge is 2.08. The Kier molecular flexibility index (Phi) is 5.27. The Morgan fingerprint density at radius 2 is 2.00 bits per heavy atom. The summed E-state index contributed by atoms with van der Waals surface area (Å²) in [5, 5.41) is 10.2. The largest absolute Gasteiger partial charge is 0.489 e. The van der Waals surface area contributed by atoms with Gasteiger partial charge in [0.2, 0.25) is 0 Å². The highest BCUT2D eigenvalue weighted by molar-refractivity contribution is 6.32. The first-order valence-corrected chi connectivity index (χ1v) is 6.29. The first kappa shape index (κ1) is 13.9. The van der Waals surface area contributed by atoms with Crippen LogP contribution >= 0.6 is 11.6 Å². The van der Waals surface area contributed by atoms with Crippen LogP contribution in [-0.2, 0) is 11.3 Å². The van der Waals surface area contributed by atoms with Crippen molar-refractivity contribution in [1.82, 2.24) is 0 Å². The summed E-state index contributed by atoms with van der Waals surface area (Å²) in [6.07, 6.45) is 0.863. The molecule has 0 radical (unpaired) electrons. The molecule has 1 unspecified atom stereocenters. The van der Waals surface area contributed by atoms with Gasteiger partial charge < -0.3 is 19.0 Å². The van der Waals surface area contributed by atoms with Crippen LogP contribution in [0, 0.1) is 0 Å². The van der Waals surface area contributed by atoms with Gasteiger partial charge in [0, 0.05) is 0 Å². The zero-order valence-electron chi connectivity index (χ0n) is 10.3. The molecule has 0 spiro atoms. The number of ether oxygens (including phenoxy) is 2. The molecule has 1 heterocycles. The maximum Gasteiger partial charge on any atom is 0.138 e. The second kappa shape index (κ2) is 7.19. The summed E-state index contributed by atoms with van der Waals surface area (Å²) in [6.45, 7) is 0.628. The van der Waals surface area contributed by atoms with E-state index in [1.807, 2.05) is 18.2 Å². The molecule has 1 aromatic carbocycles. The minimum Gasteiger partial charge on any atom is -0.489 e. The Bertz CT molecular complexity index is 484. The van der Waals surface area contributed by atoms with E-state index in [9.17, 15) is 5.11 Å². The number of halogens is 1. The third kappa shape index (κ3) is 4.59. The van der Waals surface area contributed by atoms with Crippen molar-refractivity contribution in [3.05, 3.63) is 53.4 Å². The number of furan rings is 1. The second-order valence-corrected chi connectivity index (χ2v) is 4.40. The van der Waals surface area contributed by atoms with Crippen LogP contribution in [0.5, 0.6) is 5.75 Å². The van der Waals surface area contributed by atoms with E-state index in [0.717, 1.165) is 5.76 Å². The maximum atomic E-state index is 9.71. The maximum absolute atomic E-state index is 9.71. The third-order valence-corrected chi connectivity index (χ3v) is 2.71. The number of hydrogen-bond acceptors (Lipinski definition) is 4. The van der Waals surface area contributed by atoms with Crippen LogP contribution in [0.3, 0.4) is 0 Å². The molecule has 0 amide bonds. The predicted octanol–water partition coefficient (Wildman–Crippen LogP) is 2.89. The zero-order chi connectivity index (χ0) is 13.5. The average molecular weight is 283 g/mol. The van der Waals surface area contributed by atoms with Crippen LogP contribution in [0.4, 0.5) is 0 Å². The van der Waals surface area contributed by atoms with E-state index >= 15 is 0 Å². The van der Waals surface area contributed by atoms with Crippen LogP contribution in [0.25, 0.3) is 0 Å². The summed E-state index contributed by atoms with van der Waals surface area (Å²) in [7, 11) is 0. The Morgan fingerprint density at radius 3 is 2.74 bits per heavy atom. The fourth-order valence-corrected chi connectivity index (χ4v) is 1.68. The van der Waals surface area contributed by atoms with Crippen molar-refractivity contribution in [2.75, 3.05) is 13.2 Å². The molecule has 0 fully saturated rings. The van der Waals surface area contributed by atoms with Gasteiger partial charge in [-0.25, -0.2) is 0 Å². The first-order valence-electron chi connectivity index (χ1n) is 5.91. The molecule has 0 aliphatic heterocycles. The fraction of sp³-hybridized carbons (Fsp3) is 0.286. The molecule has 5 heteroatoms. The molecule has 0 bridgehead atoms. The van der Waals surface area contributed by atoms with E-state index in [0.29, 0.717) is 17.4 Å². The standard InChI is InChI=1S/C14H15ClO4/c15-13-5-1-2-6-14(13)19-9-11(16)8-17-10-12-4-3-7-18-12/h1-7,11,16H,8-10H2. The van der Waals surface area contributed by atoms with Crippen LogP contribution < -0.4 is 4.74 Å². The topological polar surface area (TPSA) is 51.8 Å². The number of para-hydroxylation sites is 1. The van der Waals surface area contributed by atoms with E-state index in [4.69, 9.17) is 25.5 Å². The molecule has 1 atom stereocenters. The predicted molar refractivity (Wildman–Crippen MR) is 71.3 cm³/mol. The summed E-state index contributed by atoms with van der Waals surface area (Å²) in [4.78, 5) is 0. The molecule has 1 N–H and O–H groups in total. The minimum absolute atomic E-state index is 0.127. The van der Waals surface area contributed by atoms with E-state index < -0.39 is 6.10 Å². The highest BCUT2D eigenvalue weighted by atomic mass is 35.5. The normalized spacial score (nSPS) is 12.3. The van der Waals surface area contributed by atoms with Gasteiger partial charge in [0.25, 0.3) is 0 Å². The van der Waals surface area contributed by atoms with Crippen molar-refractivity contribution in [3.63, 3.8) is 0 Å². The number of aliphatic hydroxyl groups excluding tert-OH is 1. The Balaban J connectivity index is 1.67. The van der Waals surface area contributed by atoms with E-state index in [2.05, 4.69) is 0 Å². The van der Waals surface area contributed by atoms with Gasteiger partial charge in [0.1, 0.15) is 30.8 Å². The fourth-order valence-electron chi connectivity index (χ4n) is 1.49. The molecule has 19 heavy (non-hydrogen) atoms. The summed E-state index contributed by atoms with van der Waals surface area (Å²) in [6, 6.07) is 10.7. The van der Waals surface area contributed by atoms with Crippen molar-refractivity contribution in [2.45, 2.75) is 12.7 Å². The molecule has 0 aliphatic rings. The number of hydrogen-bond donors (Lipinski definition) is 1. The monoisotopic (exact) mass is 282 g/mol. The van der Waals surface area contributed by atoms with Gasteiger partial charge in [-0.15, -0.1) is 0 Å². The van der Waals surface area contributed by atoms with Crippen molar-refractivity contribution < 1.29 is 19.0 Å². The molecule has 1 aromatic heterocycles. The van der Waals surface area contributed by atoms with Gasteiger partial charge in [-0.2, -0.15) is 0 Å². The lowest BCUT2D eigenvalue weighted by Crippen LogP contribution is -2.23. The van der Waals surface area contributed by atoms with Gasteiger partial charge in [-0.1, -0.05) is 23.7 Å². The smallest absolute Gasteiger partial charge is 0.138 e. The molecule has 0 saturated carbocycles. The van der Waals surface area contributed by atoms with Gasteiger partial charge in [-0.05, 0) is 24.3 Å². The summed E-state index contributed by atoms with van der Waals surface area (Å²) >= 11 is 5.93. The van der Waals surface area contributed by atoms with Crippen molar-refractivity contribution >= 4 is 11.6 Å². The number of benzene rings is 1. The molecule has 2 rings (SSSR count). The van der Waals surface area contributed by atoms with Crippen LogP contribution in [0.15, 0.2) is 47.1 Å². The Hall–Kier alpha value is -1.49. The lowest BCUT2D eigenvalue weighted by molar-refractivity contribution is 0.000897. The third-order valence-electron chi connectivity index (χ3n) is 2.40. The quantitative estimate of drug-likeness (QED) is 0.848. The molecule has 0 saturated heterocycles. The zero-order valence-corrected chi connectivity index (χ0v) is 11.0. The molecule has 2 aromatic rings. The summed E-state index contributed by atoms with van der Waals surface area (Å²) in [5.74, 6) is 1.27. The van der Waals surface area contributed by atoms with Gasteiger partial charge in [0.05, 0.1) is 17.9 Å². The van der Waals surface area contributed by atoms with Crippen LogP contribution in [0.2, 0.25) is 5.02 Å². The van der Waals surface area contributed by atoms with Crippen LogP contribution in [0.1, 0.15) is 5.76 Å².